The molecular formula is C15H20FN5O2S. The Hall–Kier alpha value is -2.42. The lowest BCUT2D eigenvalue weighted by atomic mass is 10.2. The molecule has 0 saturated carbocycles. The molecule has 1 aromatic carbocycles. The molecule has 2 aromatic rings. The Morgan fingerprint density at radius 1 is 1.12 bits per heavy atom. The zero-order valence-corrected chi connectivity index (χ0v) is 14.8. The van der Waals surface area contributed by atoms with Gasteiger partial charge in [0.1, 0.15) is 11.5 Å². The average Bonchev–Trinajstić information content (AvgIpc) is 2.49. The van der Waals surface area contributed by atoms with Crippen molar-refractivity contribution in [2.75, 3.05) is 42.7 Å². The zero-order chi connectivity index (χ0) is 17.9. The van der Waals surface area contributed by atoms with Gasteiger partial charge in [-0.15, -0.1) is 0 Å². The molecule has 0 fully saturated rings. The molecule has 0 spiro atoms. The van der Waals surface area contributed by atoms with Crippen molar-refractivity contribution in [3.63, 3.8) is 0 Å². The first-order valence-corrected chi connectivity index (χ1v) is 8.80. The van der Waals surface area contributed by atoms with E-state index in [1.165, 1.54) is 24.4 Å². The molecule has 9 heteroatoms. The number of hydrogen-bond acceptors (Lipinski definition) is 6. The zero-order valence-electron chi connectivity index (χ0n) is 14.0. The highest BCUT2D eigenvalue weighted by atomic mass is 32.2. The average molecular weight is 353 g/mol. The second-order valence-electron chi connectivity index (χ2n) is 5.65. The van der Waals surface area contributed by atoms with Crippen LogP contribution in [-0.2, 0) is 15.8 Å². The van der Waals surface area contributed by atoms with Crippen molar-refractivity contribution in [3.8, 4) is 0 Å². The van der Waals surface area contributed by atoms with Crippen LogP contribution in [0.4, 0.5) is 21.8 Å². The van der Waals surface area contributed by atoms with Crippen LogP contribution in [0.15, 0.2) is 30.5 Å². The van der Waals surface area contributed by atoms with Gasteiger partial charge in [-0.25, -0.2) is 17.8 Å². The minimum absolute atomic E-state index is 0.0993. The van der Waals surface area contributed by atoms with Crippen LogP contribution in [0, 0.1) is 5.82 Å². The smallest absolute Gasteiger partial charge is 0.237 e. The summed E-state index contributed by atoms with van der Waals surface area (Å²) in [5.74, 6) is -0.154. The molecule has 0 bridgehead atoms. The van der Waals surface area contributed by atoms with E-state index in [1.54, 1.807) is 44.1 Å². The molecule has 0 unspecified atom stereocenters. The number of sulfonamides is 1. The summed E-state index contributed by atoms with van der Waals surface area (Å²) in [6.07, 6.45) is 1.40. The third-order valence-electron chi connectivity index (χ3n) is 3.15. The van der Waals surface area contributed by atoms with Crippen molar-refractivity contribution in [3.05, 3.63) is 41.8 Å². The van der Waals surface area contributed by atoms with Gasteiger partial charge < -0.3 is 9.80 Å². The first kappa shape index (κ1) is 17.9. The fourth-order valence-electron chi connectivity index (χ4n) is 2.02. The van der Waals surface area contributed by atoms with E-state index in [9.17, 15) is 12.8 Å². The van der Waals surface area contributed by atoms with Gasteiger partial charge in [0.15, 0.2) is 5.82 Å². The Bertz CT molecular complexity index is 824. The van der Waals surface area contributed by atoms with Crippen LogP contribution in [0.25, 0.3) is 0 Å². The number of halogens is 1. The maximum absolute atomic E-state index is 13.7. The summed E-state index contributed by atoms with van der Waals surface area (Å²) >= 11 is 0. The van der Waals surface area contributed by atoms with Gasteiger partial charge in [-0.3, -0.25) is 4.72 Å². The lowest BCUT2D eigenvalue weighted by molar-refractivity contribution is 0.591. The van der Waals surface area contributed by atoms with Crippen molar-refractivity contribution in [1.82, 2.24) is 9.97 Å². The van der Waals surface area contributed by atoms with Gasteiger partial charge in [0.05, 0.1) is 11.9 Å². The van der Waals surface area contributed by atoms with Crippen LogP contribution >= 0.6 is 0 Å². The van der Waals surface area contributed by atoms with E-state index in [1.807, 2.05) is 0 Å². The van der Waals surface area contributed by atoms with Crippen LogP contribution in [0.3, 0.4) is 0 Å². The molecule has 0 aliphatic heterocycles. The first-order valence-electron chi connectivity index (χ1n) is 7.15. The van der Waals surface area contributed by atoms with E-state index < -0.39 is 21.6 Å². The van der Waals surface area contributed by atoms with Gasteiger partial charge in [-0.05, 0) is 6.07 Å². The maximum Gasteiger partial charge on any atom is 0.237 e. The predicted molar refractivity (Wildman–Crippen MR) is 93.3 cm³/mol. The number of anilines is 3. The van der Waals surface area contributed by atoms with Crippen LogP contribution in [0.5, 0.6) is 0 Å². The molecule has 0 aliphatic rings. The summed E-state index contributed by atoms with van der Waals surface area (Å²) in [5, 5.41) is 0. The predicted octanol–water partition coefficient (Wildman–Crippen LogP) is 1.69. The van der Waals surface area contributed by atoms with Crippen LogP contribution in [0.2, 0.25) is 0 Å². The number of aromatic nitrogens is 2. The molecule has 1 N–H and O–H groups in total. The third-order valence-corrected chi connectivity index (χ3v) is 4.37. The summed E-state index contributed by atoms with van der Waals surface area (Å²) < 4.78 is 40.8. The molecule has 2 rings (SSSR count). The van der Waals surface area contributed by atoms with E-state index in [0.717, 1.165) is 0 Å². The van der Waals surface area contributed by atoms with Crippen LogP contribution in [0.1, 0.15) is 5.56 Å². The lowest BCUT2D eigenvalue weighted by Gasteiger charge is -2.19. The quantitative estimate of drug-likeness (QED) is 0.851. The van der Waals surface area contributed by atoms with Crippen LogP contribution < -0.4 is 14.5 Å². The molecule has 0 aliphatic carbocycles. The van der Waals surface area contributed by atoms with Gasteiger partial charge in [0, 0.05) is 33.8 Å². The summed E-state index contributed by atoms with van der Waals surface area (Å²) in [5.41, 5.74) is 0.337. The Labute approximate surface area is 141 Å². The summed E-state index contributed by atoms with van der Waals surface area (Å²) in [6.45, 7) is 0. The van der Waals surface area contributed by atoms with Crippen molar-refractivity contribution in [1.29, 1.82) is 0 Å². The molecule has 130 valence electrons. The summed E-state index contributed by atoms with van der Waals surface area (Å²) in [4.78, 5) is 11.8. The largest absolute Gasteiger partial charge is 0.361 e. The molecule has 0 amide bonds. The molecule has 0 saturated heterocycles. The number of nitrogens with zero attached hydrogens (tertiary/aromatic N) is 4. The fourth-order valence-corrected chi connectivity index (χ4v) is 3.21. The molecular weight excluding hydrogens is 333 g/mol. The molecule has 1 heterocycles. The number of benzene rings is 1. The van der Waals surface area contributed by atoms with Crippen molar-refractivity contribution in [2.24, 2.45) is 0 Å². The van der Waals surface area contributed by atoms with E-state index in [-0.39, 0.29) is 11.3 Å². The van der Waals surface area contributed by atoms with Gasteiger partial charge >= 0.3 is 0 Å². The normalized spacial score (nSPS) is 11.2. The van der Waals surface area contributed by atoms with E-state index in [2.05, 4.69) is 14.7 Å². The van der Waals surface area contributed by atoms with Gasteiger partial charge in [-0.2, -0.15) is 4.98 Å². The second-order valence-corrected chi connectivity index (χ2v) is 7.37. The third kappa shape index (κ3) is 4.31. The minimum Gasteiger partial charge on any atom is -0.361 e. The van der Waals surface area contributed by atoms with E-state index in [4.69, 9.17) is 0 Å². The molecule has 0 radical (unpaired) electrons. The van der Waals surface area contributed by atoms with E-state index in [0.29, 0.717) is 11.8 Å². The highest BCUT2D eigenvalue weighted by Crippen LogP contribution is 2.25. The molecule has 0 atom stereocenters. The summed E-state index contributed by atoms with van der Waals surface area (Å²) in [6, 6.07) is 5.77. The van der Waals surface area contributed by atoms with Gasteiger partial charge in [0.2, 0.25) is 16.0 Å². The Morgan fingerprint density at radius 2 is 1.79 bits per heavy atom. The lowest BCUT2D eigenvalue weighted by Crippen LogP contribution is -2.22. The number of hydrogen-bond donors (Lipinski definition) is 1. The van der Waals surface area contributed by atoms with Crippen molar-refractivity contribution < 1.29 is 12.8 Å². The van der Waals surface area contributed by atoms with E-state index >= 15 is 0 Å². The topological polar surface area (TPSA) is 78.4 Å². The fraction of sp³-hybridized carbons (Fsp3) is 0.333. The Balaban J connectivity index is 2.31. The monoisotopic (exact) mass is 353 g/mol. The maximum atomic E-state index is 13.7. The molecule has 7 nitrogen and oxygen atoms in total. The molecule has 1 aromatic heterocycles. The van der Waals surface area contributed by atoms with Gasteiger partial charge in [0.25, 0.3) is 0 Å². The summed E-state index contributed by atoms with van der Waals surface area (Å²) in [7, 11) is 3.26. The number of nitrogens with one attached hydrogen (secondary N) is 1. The Kier molecular flexibility index (Phi) is 5.23. The standard InChI is InChI=1S/C15H20FN5O2S/c1-20(2)14-13(9-17-15(18-14)21(3)4)19-24(22,23)10-11-7-5-6-8-12(11)16/h5-9,19H,10H2,1-4H3. The van der Waals surface area contributed by atoms with Gasteiger partial charge in [-0.1, -0.05) is 18.2 Å². The minimum atomic E-state index is -3.81. The highest BCUT2D eigenvalue weighted by Gasteiger charge is 2.19. The number of rotatable bonds is 6. The second kappa shape index (κ2) is 7.00. The Morgan fingerprint density at radius 3 is 2.38 bits per heavy atom. The van der Waals surface area contributed by atoms with Crippen LogP contribution in [-0.4, -0.2) is 46.6 Å². The molecule has 24 heavy (non-hydrogen) atoms. The van der Waals surface area contributed by atoms with Crippen molar-refractivity contribution in [2.45, 2.75) is 5.75 Å². The SMILES string of the molecule is CN(C)c1ncc(NS(=O)(=O)Cc2ccccc2F)c(N(C)C)n1. The van der Waals surface area contributed by atoms with Crippen molar-refractivity contribution >= 4 is 27.5 Å². The first-order chi connectivity index (χ1) is 11.2. The highest BCUT2D eigenvalue weighted by molar-refractivity contribution is 7.91.